The van der Waals surface area contributed by atoms with Gasteiger partial charge >= 0.3 is 0 Å². The lowest BCUT2D eigenvalue weighted by molar-refractivity contribution is 0.0954. The number of nitrogens with zero attached hydrogens (tertiary/aromatic N) is 2. The summed E-state index contributed by atoms with van der Waals surface area (Å²) in [7, 11) is 0. The SMILES string of the molecule is O=C(NCC[C@H]1CCCN1)c1cnn2ccccc12. The summed E-state index contributed by atoms with van der Waals surface area (Å²) in [6, 6.07) is 6.27. The molecule has 1 aliphatic heterocycles. The first-order valence-corrected chi connectivity index (χ1v) is 6.78. The molecular weight excluding hydrogens is 240 g/mol. The number of fused-ring (bicyclic) bond motifs is 1. The van der Waals surface area contributed by atoms with Crippen molar-refractivity contribution in [3.8, 4) is 0 Å². The van der Waals surface area contributed by atoms with Crippen molar-refractivity contribution in [1.82, 2.24) is 20.2 Å². The summed E-state index contributed by atoms with van der Waals surface area (Å²) in [6.07, 6.45) is 6.91. The second-order valence-electron chi connectivity index (χ2n) is 4.93. The minimum Gasteiger partial charge on any atom is -0.352 e. The third-order valence-electron chi connectivity index (χ3n) is 3.61. The summed E-state index contributed by atoms with van der Waals surface area (Å²) < 4.78 is 1.72. The summed E-state index contributed by atoms with van der Waals surface area (Å²) in [5.41, 5.74) is 1.49. The Hall–Kier alpha value is -1.88. The van der Waals surface area contributed by atoms with Gasteiger partial charge in [0.05, 0.1) is 17.3 Å². The summed E-state index contributed by atoms with van der Waals surface area (Å²) in [5, 5.41) is 10.6. The van der Waals surface area contributed by atoms with Gasteiger partial charge in [-0.1, -0.05) is 6.07 Å². The summed E-state index contributed by atoms with van der Waals surface area (Å²) >= 11 is 0. The van der Waals surface area contributed by atoms with Gasteiger partial charge < -0.3 is 10.6 Å². The fraction of sp³-hybridized carbons (Fsp3) is 0.429. The number of pyridine rings is 1. The first kappa shape index (κ1) is 12.2. The van der Waals surface area contributed by atoms with E-state index >= 15 is 0 Å². The van der Waals surface area contributed by atoms with Crippen LogP contribution in [0.1, 0.15) is 29.6 Å². The number of aromatic nitrogens is 2. The van der Waals surface area contributed by atoms with E-state index in [9.17, 15) is 4.79 Å². The number of hydrogen-bond donors (Lipinski definition) is 2. The molecule has 5 heteroatoms. The highest BCUT2D eigenvalue weighted by molar-refractivity contribution is 6.00. The van der Waals surface area contributed by atoms with Crippen molar-refractivity contribution < 1.29 is 4.79 Å². The van der Waals surface area contributed by atoms with Gasteiger partial charge in [0.25, 0.3) is 5.91 Å². The number of carbonyl (C=O) groups is 1. The number of hydrogen-bond acceptors (Lipinski definition) is 3. The molecule has 1 amide bonds. The van der Waals surface area contributed by atoms with Crippen molar-refractivity contribution in [2.45, 2.75) is 25.3 Å². The van der Waals surface area contributed by atoms with Gasteiger partial charge in [0.2, 0.25) is 0 Å². The molecule has 1 fully saturated rings. The van der Waals surface area contributed by atoms with E-state index in [2.05, 4.69) is 15.7 Å². The number of carbonyl (C=O) groups excluding carboxylic acids is 1. The van der Waals surface area contributed by atoms with Crippen molar-refractivity contribution in [3.05, 3.63) is 36.2 Å². The van der Waals surface area contributed by atoms with E-state index in [-0.39, 0.29) is 5.91 Å². The second kappa shape index (κ2) is 5.40. The van der Waals surface area contributed by atoms with Gasteiger partial charge in [0, 0.05) is 18.8 Å². The van der Waals surface area contributed by atoms with Gasteiger partial charge in [-0.15, -0.1) is 0 Å². The maximum atomic E-state index is 12.1. The van der Waals surface area contributed by atoms with Crippen molar-refractivity contribution in [2.24, 2.45) is 0 Å². The van der Waals surface area contributed by atoms with Crippen LogP contribution in [-0.4, -0.2) is 34.7 Å². The molecule has 0 spiro atoms. The molecular formula is C14H18N4O. The lowest BCUT2D eigenvalue weighted by atomic mass is 10.1. The standard InChI is InChI=1S/C14H18N4O/c19-14(16-8-6-11-4-3-7-15-11)12-10-17-18-9-2-1-5-13(12)18/h1-2,5,9-11,15H,3-4,6-8H2,(H,16,19)/t11-/m1/s1. The normalized spacial score (nSPS) is 18.8. The first-order valence-electron chi connectivity index (χ1n) is 6.78. The fourth-order valence-electron chi connectivity index (χ4n) is 2.57. The third kappa shape index (κ3) is 2.61. The average molecular weight is 258 g/mol. The predicted molar refractivity (Wildman–Crippen MR) is 73.2 cm³/mol. The molecule has 1 atom stereocenters. The Kier molecular flexibility index (Phi) is 3.46. The summed E-state index contributed by atoms with van der Waals surface area (Å²) in [5.74, 6) is -0.0424. The third-order valence-corrected chi connectivity index (χ3v) is 3.61. The molecule has 0 bridgehead atoms. The molecule has 2 N–H and O–H groups in total. The smallest absolute Gasteiger partial charge is 0.255 e. The van der Waals surface area contributed by atoms with Crippen LogP contribution in [0.3, 0.4) is 0 Å². The van der Waals surface area contributed by atoms with Crippen LogP contribution in [-0.2, 0) is 0 Å². The summed E-state index contributed by atoms with van der Waals surface area (Å²) in [4.78, 5) is 12.1. The Bertz CT molecular complexity index is 572. The van der Waals surface area contributed by atoms with Gasteiger partial charge in [0.1, 0.15) is 0 Å². The zero-order valence-electron chi connectivity index (χ0n) is 10.8. The van der Waals surface area contributed by atoms with Crippen molar-refractivity contribution in [3.63, 3.8) is 0 Å². The van der Waals surface area contributed by atoms with E-state index in [1.165, 1.54) is 12.8 Å². The highest BCUT2D eigenvalue weighted by Gasteiger charge is 2.15. The predicted octanol–water partition coefficient (Wildman–Crippen LogP) is 1.21. The fourth-order valence-corrected chi connectivity index (χ4v) is 2.57. The minimum absolute atomic E-state index is 0.0424. The van der Waals surface area contributed by atoms with Crippen molar-refractivity contribution in [2.75, 3.05) is 13.1 Å². The van der Waals surface area contributed by atoms with Crippen LogP contribution in [0.25, 0.3) is 5.52 Å². The maximum Gasteiger partial charge on any atom is 0.255 e. The Labute approximate surface area is 112 Å². The Morgan fingerprint density at radius 2 is 2.47 bits per heavy atom. The van der Waals surface area contributed by atoms with Gasteiger partial charge in [-0.05, 0) is 37.9 Å². The lowest BCUT2D eigenvalue weighted by Gasteiger charge is -2.10. The molecule has 0 aromatic carbocycles. The molecule has 3 heterocycles. The lowest BCUT2D eigenvalue weighted by Crippen LogP contribution is -2.30. The molecule has 1 aliphatic rings. The van der Waals surface area contributed by atoms with Gasteiger partial charge in [-0.2, -0.15) is 5.10 Å². The molecule has 2 aromatic rings. The molecule has 0 aliphatic carbocycles. The summed E-state index contributed by atoms with van der Waals surface area (Å²) in [6.45, 7) is 1.81. The zero-order chi connectivity index (χ0) is 13.1. The molecule has 1 saturated heterocycles. The van der Waals surface area contributed by atoms with E-state index < -0.39 is 0 Å². The number of amides is 1. The van der Waals surface area contributed by atoms with Crippen molar-refractivity contribution in [1.29, 1.82) is 0 Å². The molecule has 0 unspecified atom stereocenters. The molecule has 19 heavy (non-hydrogen) atoms. The van der Waals surface area contributed by atoms with E-state index in [4.69, 9.17) is 0 Å². The first-order chi connectivity index (χ1) is 9.34. The zero-order valence-corrected chi connectivity index (χ0v) is 10.8. The van der Waals surface area contributed by atoms with Crippen LogP contribution in [0, 0.1) is 0 Å². The van der Waals surface area contributed by atoms with Gasteiger partial charge in [-0.25, -0.2) is 4.52 Å². The van der Waals surface area contributed by atoms with E-state index in [0.29, 0.717) is 18.2 Å². The van der Waals surface area contributed by atoms with Gasteiger partial charge in [-0.3, -0.25) is 4.79 Å². The van der Waals surface area contributed by atoms with Crippen LogP contribution in [0.5, 0.6) is 0 Å². The average Bonchev–Trinajstić information content (AvgIpc) is 3.07. The highest BCUT2D eigenvalue weighted by Crippen LogP contribution is 2.10. The van der Waals surface area contributed by atoms with E-state index in [1.807, 2.05) is 24.4 Å². The number of nitrogens with one attached hydrogen (secondary N) is 2. The minimum atomic E-state index is -0.0424. The monoisotopic (exact) mass is 258 g/mol. The van der Waals surface area contributed by atoms with Crippen LogP contribution >= 0.6 is 0 Å². The van der Waals surface area contributed by atoms with E-state index in [1.54, 1.807) is 10.7 Å². The van der Waals surface area contributed by atoms with Gasteiger partial charge in [0.15, 0.2) is 0 Å². The van der Waals surface area contributed by atoms with Crippen LogP contribution in [0.15, 0.2) is 30.6 Å². The topological polar surface area (TPSA) is 58.4 Å². The Morgan fingerprint density at radius 1 is 1.53 bits per heavy atom. The second-order valence-corrected chi connectivity index (χ2v) is 4.93. The Morgan fingerprint density at radius 3 is 3.32 bits per heavy atom. The van der Waals surface area contributed by atoms with Crippen molar-refractivity contribution >= 4 is 11.4 Å². The highest BCUT2D eigenvalue weighted by atomic mass is 16.1. The molecule has 0 radical (unpaired) electrons. The largest absolute Gasteiger partial charge is 0.352 e. The van der Waals surface area contributed by atoms with Crippen LogP contribution < -0.4 is 10.6 Å². The quantitative estimate of drug-likeness (QED) is 0.866. The molecule has 0 saturated carbocycles. The molecule has 100 valence electrons. The molecule has 5 nitrogen and oxygen atoms in total. The van der Waals surface area contributed by atoms with Crippen LogP contribution in [0.4, 0.5) is 0 Å². The molecule has 3 rings (SSSR count). The Balaban J connectivity index is 1.60. The maximum absolute atomic E-state index is 12.1. The molecule has 2 aromatic heterocycles. The number of rotatable bonds is 4. The van der Waals surface area contributed by atoms with Crippen LogP contribution in [0.2, 0.25) is 0 Å². The van der Waals surface area contributed by atoms with E-state index in [0.717, 1.165) is 18.5 Å².